The highest BCUT2D eigenvalue weighted by molar-refractivity contribution is 5.82. The van der Waals surface area contributed by atoms with Gasteiger partial charge in [-0.25, -0.2) is 0 Å². The third-order valence-corrected chi connectivity index (χ3v) is 2.97. The minimum atomic E-state index is 0.193. The molecule has 0 aromatic carbocycles. The largest absolute Gasteiger partial charge is 0.298 e. The van der Waals surface area contributed by atoms with Gasteiger partial charge in [0.25, 0.3) is 0 Å². The molecule has 2 heteroatoms. The zero-order valence-electron chi connectivity index (χ0n) is 9.05. The molecule has 0 spiro atoms. The first kappa shape index (κ1) is 10.7. The molecule has 1 aliphatic heterocycles. The Morgan fingerprint density at radius 1 is 1.54 bits per heavy atom. The lowest BCUT2D eigenvalue weighted by atomic mass is 10.1. The molecule has 0 saturated carbocycles. The van der Waals surface area contributed by atoms with E-state index in [0.29, 0.717) is 18.4 Å². The van der Waals surface area contributed by atoms with Crippen molar-refractivity contribution in [2.75, 3.05) is 13.1 Å². The summed E-state index contributed by atoms with van der Waals surface area (Å²) in [4.78, 5) is 13.9. The van der Waals surface area contributed by atoms with Crippen molar-refractivity contribution in [3.63, 3.8) is 0 Å². The van der Waals surface area contributed by atoms with Crippen LogP contribution in [0.2, 0.25) is 0 Å². The molecular formula is C11H21NO. The van der Waals surface area contributed by atoms with E-state index >= 15 is 0 Å². The SMILES string of the molecule is CCC1CCCN1CC(=O)C(C)C. The summed E-state index contributed by atoms with van der Waals surface area (Å²) in [7, 11) is 0. The highest BCUT2D eigenvalue weighted by atomic mass is 16.1. The number of rotatable bonds is 4. The molecule has 0 aromatic heterocycles. The summed E-state index contributed by atoms with van der Waals surface area (Å²) < 4.78 is 0. The molecule has 0 aliphatic carbocycles. The Balaban J connectivity index is 2.39. The Labute approximate surface area is 81.3 Å². The second-order valence-corrected chi connectivity index (χ2v) is 4.30. The Morgan fingerprint density at radius 3 is 2.77 bits per heavy atom. The van der Waals surface area contributed by atoms with Crippen LogP contribution >= 0.6 is 0 Å². The van der Waals surface area contributed by atoms with Gasteiger partial charge < -0.3 is 0 Å². The molecule has 13 heavy (non-hydrogen) atoms. The zero-order valence-corrected chi connectivity index (χ0v) is 9.05. The number of hydrogen-bond donors (Lipinski definition) is 0. The van der Waals surface area contributed by atoms with Gasteiger partial charge in [0.1, 0.15) is 5.78 Å². The summed E-state index contributed by atoms with van der Waals surface area (Å²) in [5.74, 6) is 0.582. The van der Waals surface area contributed by atoms with Crippen molar-refractivity contribution in [3.8, 4) is 0 Å². The van der Waals surface area contributed by atoms with E-state index in [2.05, 4.69) is 11.8 Å². The Kier molecular flexibility index (Phi) is 3.91. The quantitative estimate of drug-likeness (QED) is 0.665. The fourth-order valence-electron chi connectivity index (χ4n) is 1.95. The van der Waals surface area contributed by atoms with Crippen molar-refractivity contribution in [2.24, 2.45) is 5.92 Å². The molecule has 1 fully saturated rings. The lowest BCUT2D eigenvalue weighted by Crippen LogP contribution is -2.35. The van der Waals surface area contributed by atoms with Gasteiger partial charge in [0.15, 0.2) is 0 Å². The topological polar surface area (TPSA) is 20.3 Å². The molecule has 1 rings (SSSR count). The molecule has 1 atom stereocenters. The summed E-state index contributed by atoms with van der Waals surface area (Å²) >= 11 is 0. The van der Waals surface area contributed by atoms with Gasteiger partial charge in [-0.15, -0.1) is 0 Å². The van der Waals surface area contributed by atoms with Crippen LogP contribution in [0.4, 0.5) is 0 Å². The first-order chi connectivity index (χ1) is 6.15. The van der Waals surface area contributed by atoms with Gasteiger partial charge in [0, 0.05) is 12.0 Å². The van der Waals surface area contributed by atoms with E-state index in [-0.39, 0.29) is 5.92 Å². The molecular weight excluding hydrogens is 162 g/mol. The van der Waals surface area contributed by atoms with E-state index in [1.807, 2.05) is 13.8 Å². The van der Waals surface area contributed by atoms with Crippen LogP contribution in [0.25, 0.3) is 0 Å². The standard InChI is InChI=1S/C11H21NO/c1-4-10-6-5-7-12(10)8-11(13)9(2)3/h9-10H,4-8H2,1-3H3. The normalized spacial score (nSPS) is 24.2. The van der Waals surface area contributed by atoms with Crippen LogP contribution in [-0.2, 0) is 4.79 Å². The number of hydrogen-bond acceptors (Lipinski definition) is 2. The van der Waals surface area contributed by atoms with Crippen LogP contribution in [0.1, 0.15) is 40.0 Å². The van der Waals surface area contributed by atoms with Crippen molar-refractivity contribution in [3.05, 3.63) is 0 Å². The first-order valence-electron chi connectivity index (χ1n) is 5.42. The minimum Gasteiger partial charge on any atom is -0.298 e. The lowest BCUT2D eigenvalue weighted by Gasteiger charge is -2.23. The third kappa shape index (κ3) is 2.80. The van der Waals surface area contributed by atoms with Crippen molar-refractivity contribution >= 4 is 5.78 Å². The van der Waals surface area contributed by atoms with Crippen molar-refractivity contribution in [1.29, 1.82) is 0 Å². The van der Waals surface area contributed by atoms with Gasteiger partial charge in [-0.3, -0.25) is 9.69 Å². The van der Waals surface area contributed by atoms with E-state index in [1.165, 1.54) is 19.3 Å². The number of Topliss-reactive ketones (excluding diaryl/α,β-unsaturated/α-hetero) is 1. The summed E-state index contributed by atoms with van der Waals surface area (Å²) in [6, 6.07) is 0.669. The Morgan fingerprint density at radius 2 is 2.23 bits per heavy atom. The van der Waals surface area contributed by atoms with Gasteiger partial charge >= 0.3 is 0 Å². The molecule has 1 aliphatic rings. The fraction of sp³-hybridized carbons (Fsp3) is 0.909. The fourth-order valence-corrected chi connectivity index (χ4v) is 1.95. The third-order valence-electron chi connectivity index (χ3n) is 2.97. The van der Waals surface area contributed by atoms with Crippen LogP contribution in [0.15, 0.2) is 0 Å². The average molecular weight is 183 g/mol. The first-order valence-corrected chi connectivity index (χ1v) is 5.42. The van der Waals surface area contributed by atoms with Gasteiger partial charge in [-0.2, -0.15) is 0 Å². The molecule has 0 N–H and O–H groups in total. The second kappa shape index (κ2) is 4.75. The number of nitrogens with zero attached hydrogens (tertiary/aromatic N) is 1. The van der Waals surface area contributed by atoms with Crippen molar-refractivity contribution in [2.45, 2.75) is 46.1 Å². The summed E-state index contributed by atoms with van der Waals surface area (Å²) in [6.45, 7) is 7.98. The van der Waals surface area contributed by atoms with Gasteiger partial charge in [0.2, 0.25) is 0 Å². The number of likely N-dealkylation sites (tertiary alicyclic amines) is 1. The summed E-state index contributed by atoms with van der Waals surface area (Å²) in [5, 5.41) is 0. The molecule has 0 aromatic rings. The lowest BCUT2D eigenvalue weighted by molar-refractivity contribution is -0.123. The van der Waals surface area contributed by atoms with Crippen molar-refractivity contribution < 1.29 is 4.79 Å². The van der Waals surface area contributed by atoms with E-state index in [1.54, 1.807) is 0 Å². The maximum absolute atomic E-state index is 11.5. The molecule has 1 saturated heterocycles. The zero-order chi connectivity index (χ0) is 9.84. The van der Waals surface area contributed by atoms with Gasteiger partial charge in [0.05, 0.1) is 6.54 Å². The number of carbonyl (C=O) groups is 1. The number of ketones is 1. The highest BCUT2D eigenvalue weighted by Gasteiger charge is 2.24. The smallest absolute Gasteiger partial charge is 0.149 e. The predicted octanol–water partition coefficient (Wildman–Crippen LogP) is 2.09. The van der Waals surface area contributed by atoms with Crippen LogP contribution < -0.4 is 0 Å². The van der Waals surface area contributed by atoms with Crippen LogP contribution in [0.5, 0.6) is 0 Å². The molecule has 0 amide bonds. The van der Waals surface area contributed by atoms with Gasteiger partial charge in [-0.05, 0) is 25.8 Å². The molecule has 0 radical (unpaired) electrons. The molecule has 0 bridgehead atoms. The highest BCUT2D eigenvalue weighted by Crippen LogP contribution is 2.19. The monoisotopic (exact) mass is 183 g/mol. The van der Waals surface area contributed by atoms with Crippen LogP contribution in [-0.4, -0.2) is 29.8 Å². The van der Waals surface area contributed by atoms with Crippen LogP contribution in [0, 0.1) is 5.92 Å². The maximum atomic E-state index is 11.5. The minimum absolute atomic E-state index is 0.193. The number of carbonyl (C=O) groups excluding carboxylic acids is 1. The molecule has 1 unspecified atom stereocenters. The van der Waals surface area contributed by atoms with Crippen molar-refractivity contribution in [1.82, 2.24) is 4.90 Å². The molecule has 1 heterocycles. The Hall–Kier alpha value is -0.370. The summed E-state index contributed by atoms with van der Waals surface area (Å²) in [6.07, 6.45) is 3.73. The second-order valence-electron chi connectivity index (χ2n) is 4.30. The van der Waals surface area contributed by atoms with Crippen LogP contribution in [0.3, 0.4) is 0 Å². The predicted molar refractivity (Wildman–Crippen MR) is 54.7 cm³/mol. The average Bonchev–Trinajstić information content (AvgIpc) is 2.51. The van der Waals surface area contributed by atoms with Gasteiger partial charge in [-0.1, -0.05) is 20.8 Å². The molecule has 2 nitrogen and oxygen atoms in total. The van der Waals surface area contributed by atoms with E-state index < -0.39 is 0 Å². The van der Waals surface area contributed by atoms with E-state index in [9.17, 15) is 4.79 Å². The Bertz CT molecular complexity index is 177. The van der Waals surface area contributed by atoms with E-state index in [0.717, 1.165) is 6.54 Å². The maximum Gasteiger partial charge on any atom is 0.149 e. The van der Waals surface area contributed by atoms with E-state index in [4.69, 9.17) is 0 Å². The molecule has 76 valence electrons. The summed E-state index contributed by atoms with van der Waals surface area (Å²) in [5.41, 5.74) is 0.